The lowest BCUT2D eigenvalue weighted by atomic mass is 10.1. The lowest BCUT2D eigenvalue weighted by molar-refractivity contribution is 0.326. The van der Waals surface area contributed by atoms with Crippen LogP contribution < -0.4 is 10.6 Å². The van der Waals surface area contributed by atoms with E-state index in [0.29, 0.717) is 0 Å². The number of aliphatic imine (C=N–C) groups is 1. The highest BCUT2D eigenvalue weighted by Crippen LogP contribution is 2.16. The van der Waals surface area contributed by atoms with Crippen molar-refractivity contribution in [3.8, 4) is 0 Å². The Labute approximate surface area is 145 Å². The maximum absolute atomic E-state index is 4.72. The van der Waals surface area contributed by atoms with E-state index in [1.165, 1.54) is 32.5 Å². The number of likely N-dealkylation sites (tertiary alicyclic amines) is 1. The van der Waals surface area contributed by atoms with Crippen molar-refractivity contribution < 1.29 is 0 Å². The second-order valence-corrected chi connectivity index (χ2v) is 6.08. The zero-order valence-electron chi connectivity index (χ0n) is 13.2. The van der Waals surface area contributed by atoms with Crippen LogP contribution in [-0.2, 0) is 0 Å². The summed E-state index contributed by atoms with van der Waals surface area (Å²) in [4.78, 5) is 7.28. The number of hydrogen-bond donors (Lipinski definition) is 2. The van der Waals surface area contributed by atoms with E-state index in [0.717, 1.165) is 37.3 Å². The molecule has 1 fully saturated rings. The predicted molar refractivity (Wildman–Crippen MR) is 103 cm³/mol. The van der Waals surface area contributed by atoms with Gasteiger partial charge < -0.3 is 15.5 Å². The van der Waals surface area contributed by atoms with Crippen molar-refractivity contribution in [1.82, 2.24) is 15.5 Å². The zero-order valence-corrected chi connectivity index (χ0v) is 16.3. The van der Waals surface area contributed by atoms with Crippen LogP contribution in [0.1, 0.15) is 26.7 Å². The Bertz CT molecular complexity index is 264. The van der Waals surface area contributed by atoms with E-state index in [2.05, 4.69) is 35.6 Å². The van der Waals surface area contributed by atoms with Crippen LogP contribution in [0.3, 0.4) is 0 Å². The number of thioether (sulfide) groups is 1. The van der Waals surface area contributed by atoms with Crippen molar-refractivity contribution in [3.05, 3.63) is 0 Å². The highest BCUT2D eigenvalue weighted by Gasteiger charge is 2.21. The largest absolute Gasteiger partial charge is 0.357 e. The molecule has 1 unspecified atom stereocenters. The van der Waals surface area contributed by atoms with Crippen LogP contribution in [0, 0.1) is 5.92 Å². The molecule has 0 saturated carbocycles. The Morgan fingerprint density at radius 3 is 2.80 bits per heavy atom. The van der Waals surface area contributed by atoms with Gasteiger partial charge >= 0.3 is 0 Å². The molecular weight excluding hydrogens is 383 g/mol. The molecule has 1 heterocycles. The van der Waals surface area contributed by atoms with Crippen molar-refractivity contribution in [1.29, 1.82) is 0 Å². The number of guanidine groups is 1. The van der Waals surface area contributed by atoms with E-state index in [1.54, 1.807) is 0 Å². The molecule has 0 aromatic carbocycles. The lowest BCUT2D eigenvalue weighted by Crippen LogP contribution is -2.38. The molecule has 1 aliphatic rings. The van der Waals surface area contributed by atoms with Crippen LogP contribution in [0.4, 0.5) is 0 Å². The topological polar surface area (TPSA) is 39.7 Å². The van der Waals surface area contributed by atoms with E-state index < -0.39 is 0 Å². The molecular formula is C14H31IN4S. The molecule has 1 rings (SSSR count). The number of rotatable bonds is 8. The van der Waals surface area contributed by atoms with Crippen LogP contribution >= 0.6 is 35.7 Å². The van der Waals surface area contributed by atoms with Gasteiger partial charge in [-0.25, -0.2) is 0 Å². The fraction of sp³-hybridized carbons (Fsp3) is 0.929. The molecule has 4 nitrogen and oxygen atoms in total. The summed E-state index contributed by atoms with van der Waals surface area (Å²) in [5.74, 6) is 2.84. The molecule has 120 valence electrons. The molecule has 2 N–H and O–H groups in total. The van der Waals surface area contributed by atoms with Gasteiger partial charge in [0.15, 0.2) is 5.96 Å². The maximum atomic E-state index is 4.72. The van der Waals surface area contributed by atoms with Gasteiger partial charge in [0.05, 0.1) is 0 Å². The molecule has 0 amide bonds. The summed E-state index contributed by atoms with van der Waals surface area (Å²) < 4.78 is 0. The van der Waals surface area contributed by atoms with Gasteiger partial charge in [-0.15, -0.1) is 24.0 Å². The summed E-state index contributed by atoms with van der Waals surface area (Å²) in [6.07, 6.45) is 4.69. The van der Waals surface area contributed by atoms with Crippen LogP contribution in [0.5, 0.6) is 0 Å². The van der Waals surface area contributed by atoms with Gasteiger partial charge in [-0.3, -0.25) is 4.99 Å². The van der Waals surface area contributed by atoms with E-state index in [9.17, 15) is 0 Å². The second-order valence-electron chi connectivity index (χ2n) is 5.09. The quantitative estimate of drug-likeness (QED) is 0.277. The van der Waals surface area contributed by atoms with Gasteiger partial charge in [0, 0.05) is 31.9 Å². The van der Waals surface area contributed by atoms with Gasteiger partial charge in [0.1, 0.15) is 0 Å². The molecule has 0 radical (unpaired) electrons. The summed E-state index contributed by atoms with van der Waals surface area (Å²) >= 11 is 1.86. The van der Waals surface area contributed by atoms with Gasteiger partial charge in [-0.05, 0) is 45.0 Å². The van der Waals surface area contributed by atoms with E-state index in [-0.39, 0.29) is 24.0 Å². The molecule has 0 aromatic heterocycles. The molecule has 1 saturated heterocycles. The molecule has 0 bridgehead atoms. The molecule has 6 heteroatoms. The summed E-state index contributed by atoms with van der Waals surface area (Å²) in [7, 11) is 0. The Hall–Kier alpha value is 0.310. The smallest absolute Gasteiger partial charge is 0.191 e. The Morgan fingerprint density at radius 1 is 1.35 bits per heavy atom. The molecule has 1 aliphatic heterocycles. The Morgan fingerprint density at radius 2 is 2.15 bits per heavy atom. The standard InChI is InChI=1S/C14H30N4S.HI/c1-4-8-18-9-6-13(12-18)11-17-14(15-5-2)16-7-10-19-3;/h13H,4-12H2,1-3H3,(H2,15,16,17);1H. The third-order valence-corrected chi connectivity index (χ3v) is 3.97. The highest BCUT2D eigenvalue weighted by atomic mass is 127. The molecule has 0 aliphatic carbocycles. The first-order valence-corrected chi connectivity index (χ1v) is 8.93. The van der Waals surface area contributed by atoms with Crippen LogP contribution in [0.2, 0.25) is 0 Å². The molecule has 20 heavy (non-hydrogen) atoms. The first-order chi connectivity index (χ1) is 9.30. The minimum atomic E-state index is 0. The SMILES string of the molecule is CCCN1CCC(CN=C(NCC)NCCSC)C1.I. The van der Waals surface area contributed by atoms with E-state index in [1.807, 2.05) is 11.8 Å². The highest BCUT2D eigenvalue weighted by molar-refractivity contribution is 14.0. The fourth-order valence-electron chi connectivity index (χ4n) is 2.41. The van der Waals surface area contributed by atoms with Gasteiger partial charge in [-0.1, -0.05) is 6.92 Å². The van der Waals surface area contributed by atoms with Crippen molar-refractivity contribution in [2.75, 3.05) is 51.3 Å². The predicted octanol–water partition coefficient (Wildman–Crippen LogP) is 2.25. The molecule has 1 atom stereocenters. The number of halogens is 1. The fourth-order valence-corrected chi connectivity index (χ4v) is 2.72. The van der Waals surface area contributed by atoms with Crippen molar-refractivity contribution >= 4 is 41.7 Å². The summed E-state index contributed by atoms with van der Waals surface area (Å²) in [6.45, 7) is 11.0. The molecule has 0 spiro atoms. The van der Waals surface area contributed by atoms with Crippen LogP contribution in [0.25, 0.3) is 0 Å². The van der Waals surface area contributed by atoms with Crippen molar-refractivity contribution in [3.63, 3.8) is 0 Å². The van der Waals surface area contributed by atoms with Gasteiger partial charge in [-0.2, -0.15) is 11.8 Å². The van der Waals surface area contributed by atoms with Crippen molar-refractivity contribution in [2.45, 2.75) is 26.7 Å². The number of nitrogens with one attached hydrogen (secondary N) is 2. The normalized spacial score (nSPS) is 19.8. The first-order valence-electron chi connectivity index (χ1n) is 7.53. The van der Waals surface area contributed by atoms with E-state index >= 15 is 0 Å². The average molecular weight is 414 g/mol. The first kappa shape index (κ1) is 20.3. The third kappa shape index (κ3) is 8.56. The van der Waals surface area contributed by atoms with Crippen LogP contribution in [0.15, 0.2) is 4.99 Å². The maximum Gasteiger partial charge on any atom is 0.191 e. The monoisotopic (exact) mass is 414 g/mol. The summed E-state index contributed by atoms with van der Waals surface area (Å²) in [5.41, 5.74) is 0. The van der Waals surface area contributed by atoms with E-state index in [4.69, 9.17) is 4.99 Å². The Kier molecular flexibility index (Phi) is 13.2. The Balaban J connectivity index is 0.00000361. The minimum Gasteiger partial charge on any atom is -0.357 e. The van der Waals surface area contributed by atoms with Crippen LogP contribution in [-0.4, -0.2) is 62.1 Å². The third-order valence-electron chi connectivity index (χ3n) is 3.36. The van der Waals surface area contributed by atoms with Gasteiger partial charge in [0.25, 0.3) is 0 Å². The summed E-state index contributed by atoms with van der Waals surface area (Å²) in [6, 6.07) is 0. The number of nitrogens with zero attached hydrogens (tertiary/aromatic N) is 2. The van der Waals surface area contributed by atoms with Gasteiger partial charge in [0.2, 0.25) is 0 Å². The van der Waals surface area contributed by atoms with Crippen molar-refractivity contribution in [2.24, 2.45) is 10.9 Å². The molecule has 0 aromatic rings. The number of hydrogen-bond acceptors (Lipinski definition) is 3. The zero-order chi connectivity index (χ0) is 13.9. The lowest BCUT2D eigenvalue weighted by Gasteiger charge is -2.14. The second kappa shape index (κ2) is 13.0. The minimum absolute atomic E-state index is 0. The summed E-state index contributed by atoms with van der Waals surface area (Å²) in [5, 5.41) is 6.70. The average Bonchev–Trinajstić information content (AvgIpc) is 2.84.